The van der Waals surface area contributed by atoms with Crippen LogP contribution >= 0.6 is 7.82 Å². The standard InChI is InChI=1S/C41H87N2O5P/c1-6-8-10-12-14-16-18-20-21-22-24-26-28-30-32-34-36-42-40(39-48-49(45,46)47-38-37-43(3,4)5)41(44)35-33-31-29-27-25-23-19-17-15-13-11-9-7-2/h40-42,44H,6-39H2,1-5H3/t40-,41+/m1/s1. The second-order valence-electron chi connectivity index (χ2n) is 16.1. The molecular weight excluding hydrogens is 631 g/mol. The lowest BCUT2D eigenvalue weighted by atomic mass is 10.0. The van der Waals surface area contributed by atoms with Crippen molar-refractivity contribution in [3.8, 4) is 0 Å². The molecule has 0 aromatic heterocycles. The van der Waals surface area contributed by atoms with E-state index in [-0.39, 0.29) is 13.2 Å². The first kappa shape index (κ1) is 49.0. The summed E-state index contributed by atoms with van der Waals surface area (Å²) in [6.07, 6.45) is 38.2. The van der Waals surface area contributed by atoms with Gasteiger partial charge < -0.3 is 28.8 Å². The molecule has 0 saturated heterocycles. The number of nitrogens with one attached hydrogen (secondary N) is 1. The minimum atomic E-state index is -4.42. The van der Waals surface area contributed by atoms with E-state index in [4.69, 9.17) is 9.05 Å². The van der Waals surface area contributed by atoms with Crippen molar-refractivity contribution in [1.82, 2.24) is 5.32 Å². The number of phosphoric ester groups is 1. The van der Waals surface area contributed by atoms with Crippen molar-refractivity contribution in [2.45, 2.75) is 219 Å². The maximum atomic E-state index is 12.4. The number of hydrogen-bond donors (Lipinski definition) is 2. The highest BCUT2D eigenvalue weighted by Gasteiger charge is 2.22. The number of unbranched alkanes of at least 4 members (excludes halogenated alkanes) is 27. The van der Waals surface area contributed by atoms with Crippen molar-refractivity contribution in [2.24, 2.45) is 0 Å². The van der Waals surface area contributed by atoms with Gasteiger partial charge >= 0.3 is 0 Å². The molecule has 3 atom stereocenters. The van der Waals surface area contributed by atoms with Crippen LogP contribution in [0, 0.1) is 0 Å². The third kappa shape index (κ3) is 37.6. The van der Waals surface area contributed by atoms with Gasteiger partial charge in [-0.3, -0.25) is 4.57 Å². The van der Waals surface area contributed by atoms with Gasteiger partial charge in [0.15, 0.2) is 0 Å². The normalized spacial score (nSPS) is 14.7. The van der Waals surface area contributed by atoms with E-state index in [1.165, 1.54) is 161 Å². The monoisotopic (exact) mass is 719 g/mol. The fourth-order valence-electron chi connectivity index (χ4n) is 6.47. The van der Waals surface area contributed by atoms with Gasteiger partial charge in [0.1, 0.15) is 13.2 Å². The van der Waals surface area contributed by atoms with E-state index in [0.717, 1.165) is 32.2 Å². The van der Waals surface area contributed by atoms with Crippen molar-refractivity contribution in [3.05, 3.63) is 0 Å². The fraction of sp³-hybridized carbons (Fsp3) is 1.00. The van der Waals surface area contributed by atoms with E-state index in [0.29, 0.717) is 17.4 Å². The molecule has 7 nitrogen and oxygen atoms in total. The minimum absolute atomic E-state index is 0.0864. The van der Waals surface area contributed by atoms with E-state index in [2.05, 4.69) is 19.2 Å². The molecule has 0 amide bonds. The summed E-state index contributed by atoms with van der Waals surface area (Å²) in [5.74, 6) is 0. The Labute approximate surface area is 306 Å². The second kappa shape index (κ2) is 35.0. The lowest BCUT2D eigenvalue weighted by molar-refractivity contribution is -0.870. The highest BCUT2D eigenvalue weighted by atomic mass is 31.2. The number of rotatable bonds is 40. The molecule has 1 unspecified atom stereocenters. The van der Waals surface area contributed by atoms with Gasteiger partial charge in [-0.2, -0.15) is 0 Å². The van der Waals surface area contributed by atoms with Crippen LogP contribution in [-0.4, -0.2) is 69.2 Å². The van der Waals surface area contributed by atoms with Crippen molar-refractivity contribution >= 4 is 7.82 Å². The summed E-state index contributed by atoms with van der Waals surface area (Å²) >= 11 is 0. The topological polar surface area (TPSA) is 90.9 Å². The lowest BCUT2D eigenvalue weighted by Crippen LogP contribution is -2.44. The molecule has 0 spiro atoms. The highest BCUT2D eigenvalue weighted by Crippen LogP contribution is 2.38. The maximum Gasteiger partial charge on any atom is 0.268 e. The SMILES string of the molecule is CCCCCCCCCCCCCCCCCCN[C@H](COP(=O)([O-])OCC[N+](C)(C)C)[C@@H](O)CCCCCCCCCCCCCCC. The van der Waals surface area contributed by atoms with Crippen LogP contribution in [0.25, 0.3) is 0 Å². The summed E-state index contributed by atoms with van der Waals surface area (Å²) in [7, 11) is 1.55. The largest absolute Gasteiger partial charge is 0.756 e. The molecule has 0 heterocycles. The van der Waals surface area contributed by atoms with E-state index < -0.39 is 20.0 Å². The van der Waals surface area contributed by atoms with Crippen LogP contribution in [0.3, 0.4) is 0 Å². The average Bonchev–Trinajstić information content (AvgIpc) is 3.05. The third-order valence-corrected chi connectivity index (χ3v) is 10.9. The van der Waals surface area contributed by atoms with E-state index in [1.807, 2.05) is 21.1 Å². The molecule has 0 aromatic rings. The van der Waals surface area contributed by atoms with Crippen molar-refractivity contribution < 1.29 is 28.1 Å². The molecule has 2 N–H and O–H groups in total. The second-order valence-corrected chi connectivity index (χ2v) is 17.5. The molecule has 0 radical (unpaired) electrons. The van der Waals surface area contributed by atoms with Crippen LogP contribution in [0.2, 0.25) is 0 Å². The molecule has 0 saturated carbocycles. The fourth-order valence-corrected chi connectivity index (χ4v) is 7.20. The molecule has 0 rings (SSSR count). The Kier molecular flexibility index (Phi) is 35.0. The zero-order valence-electron chi connectivity index (χ0n) is 33.7. The Bertz CT molecular complexity index is 720. The average molecular weight is 719 g/mol. The van der Waals surface area contributed by atoms with E-state index in [9.17, 15) is 14.6 Å². The van der Waals surface area contributed by atoms with Gasteiger partial charge in [-0.1, -0.05) is 194 Å². The first-order chi connectivity index (χ1) is 23.6. The predicted octanol–water partition coefficient (Wildman–Crippen LogP) is 11.3. The first-order valence-electron chi connectivity index (χ1n) is 21.4. The molecule has 8 heteroatoms. The zero-order chi connectivity index (χ0) is 36.3. The minimum Gasteiger partial charge on any atom is -0.756 e. The third-order valence-electron chi connectivity index (χ3n) is 9.93. The molecule has 0 aliphatic carbocycles. The van der Waals surface area contributed by atoms with Gasteiger partial charge in [-0.05, 0) is 19.4 Å². The quantitative estimate of drug-likeness (QED) is 0.0372. The predicted molar refractivity (Wildman–Crippen MR) is 210 cm³/mol. The molecule has 0 aliphatic heterocycles. The Morgan fingerprint density at radius 2 is 0.918 bits per heavy atom. The number of phosphoric acid groups is 1. The smallest absolute Gasteiger partial charge is 0.268 e. The number of likely N-dealkylation sites (N-methyl/N-ethyl adjacent to an activating group) is 1. The summed E-state index contributed by atoms with van der Waals surface area (Å²) < 4.78 is 23.4. The van der Waals surface area contributed by atoms with Gasteiger partial charge in [0.2, 0.25) is 0 Å². The van der Waals surface area contributed by atoms with E-state index in [1.54, 1.807) is 0 Å². The molecule has 0 fully saturated rings. The summed E-state index contributed by atoms with van der Waals surface area (Å²) in [4.78, 5) is 12.4. The first-order valence-corrected chi connectivity index (χ1v) is 22.9. The van der Waals surface area contributed by atoms with Gasteiger partial charge in [-0.15, -0.1) is 0 Å². The van der Waals surface area contributed by atoms with Gasteiger partial charge in [-0.25, -0.2) is 0 Å². The lowest BCUT2D eigenvalue weighted by Gasteiger charge is -2.30. The molecule has 0 aliphatic rings. The maximum absolute atomic E-state index is 12.4. The van der Waals surface area contributed by atoms with Crippen LogP contribution < -0.4 is 10.2 Å². The highest BCUT2D eigenvalue weighted by molar-refractivity contribution is 7.45. The van der Waals surface area contributed by atoms with Crippen LogP contribution in [0.4, 0.5) is 0 Å². The summed E-state index contributed by atoms with van der Waals surface area (Å²) in [5.41, 5.74) is 0. The molecule has 0 bridgehead atoms. The number of aliphatic hydroxyl groups is 1. The van der Waals surface area contributed by atoms with Crippen LogP contribution in [0.15, 0.2) is 0 Å². The van der Waals surface area contributed by atoms with Crippen LogP contribution in [0.5, 0.6) is 0 Å². The van der Waals surface area contributed by atoms with Crippen molar-refractivity contribution in [2.75, 3.05) is 47.4 Å². The number of nitrogens with zero attached hydrogens (tertiary/aromatic N) is 1. The molecule has 49 heavy (non-hydrogen) atoms. The van der Waals surface area contributed by atoms with Gasteiger partial charge in [0, 0.05) is 0 Å². The Morgan fingerprint density at radius 3 is 1.29 bits per heavy atom. The Balaban J connectivity index is 4.21. The Hall–Kier alpha value is -0.0100. The molecular formula is C41H87N2O5P. The van der Waals surface area contributed by atoms with Gasteiger partial charge in [0.25, 0.3) is 7.82 Å². The summed E-state index contributed by atoms with van der Waals surface area (Å²) in [5, 5.41) is 14.4. The van der Waals surface area contributed by atoms with Crippen LogP contribution in [-0.2, 0) is 13.6 Å². The number of hydrogen-bond acceptors (Lipinski definition) is 6. The summed E-state index contributed by atoms with van der Waals surface area (Å²) in [6, 6.07) is -0.419. The number of quaternary nitrogens is 1. The number of aliphatic hydroxyl groups excluding tert-OH is 1. The van der Waals surface area contributed by atoms with Crippen molar-refractivity contribution in [1.29, 1.82) is 0 Å². The Morgan fingerprint density at radius 1 is 0.571 bits per heavy atom. The summed E-state index contributed by atoms with van der Waals surface area (Å²) in [6.45, 7) is 5.87. The van der Waals surface area contributed by atoms with E-state index >= 15 is 0 Å². The van der Waals surface area contributed by atoms with Crippen LogP contribution in [0.1, 0.15) is 206 Å². The molecule has 296 valence electrons. The zero-order valence-corrected chi connectivity index (χ0v) is 34.6. The van der Waals surface area contributed by atoms with Crippen molar-refractivity contribution in [3.63, 3.8) is 0 Å². The molecule has 0 aromatic carbocycles. The van der Waals surface area contributed by atoms with Gasteiger partial charge in [0.05, 0.1) is 39.9 Å².